The van der Waals surface area contributed by atoms with E-state index in [0.717, 1.165) is 0 Å². The van der Waals surface area contributed by atoms with Gasteiger partial charge in [0.05, 0.1) is 11.3 Å². The van der Waals surface area contributed by atoms with E-state index in [-0.39, 0.29) is 5.41 Å². The van der Waals surface area contributed by atoms with Crippen molar-refractivity contribution in [3.63, 3.8) is 0 Å². The fourth-order valence-electron chi connectivity index (χ4n) is 2.31. The number of hydrogen-bond acceptors (Lipinski definition) is 0. The van der Waals surface area contributed by atoms with E-state index >= 15 is 0 Å². The summed E-state index contributed by atoms with van der Waals surface area (Å²) >= 11 is 0. The van der Waals surface area contributed by atoms with Crippen molar-refractivity contribution in [2.75, 3.05) is 7.05 Å². The van der Waals surface area contributed by atoms with Gasteiger partial charge in [0.2, 0.25) is 0 Å². The first-order chi connectivity index (χ1) is 6.05. The second-order valence-corrected chi connectivity index (χ2v) is 4.51. The number of fused-ring (bicyclic) bond motifs is 1. The summed E-state index contributed by atoms with van der Waals surface area (Å²) < 4.78 is 2.32. The van der Waals surface area contributed by atoms with Gasteiger partial charge in [0, 0.05) is 13.0 Å². The second kappa shape index (κ2) is 2.57. The van der Waals surface area contributed by atoms with Crippen LogP contribution in [0, 0.1) is 17.8 Å². The summed E-state index contributed by atoms with van der Waals surface area (Å²) in [5.41, 5.74) is 3.18. The molecule has 13 heavy (non-hydrogen) atoms. The van der Waals surface area contributed by atoms with E-state index in [9.17, 15) is 0 Å². The van der Waals surface area contributed by atoms with Crippen LogP contribution in [0.15, 0.2) is 23.9 Å². The van der Waals surface area contributed by atoms with Crippen LogP contribution in [0.3, 0.4) is 0 Å². The zero-order valence-electron chi connectivity index (χ0n) is 8.83. The molecule has 0 N–H and O–H groups in total. The van der Waals surface area contributed by atoms with Gasteiger partial charge >= 0.3 is 0 Å². The van der Waals surface area contributed by atoms with E-state index in [0.29, 0.717) is 5.92 Å². The minimum absolute atomic E-state index is 0.283. The van der Waals surface area contributed by atoms with Crippen LogP contribution in [0.4, 0.5) is 0 Å². The zero-order chi connectivity index (χ0) is 9.64. The van der Waals surface area contributed by atoms with Gasteiger partial charge in [-0.15, -0.1) is 0 Å². The van der Waals surface area contributed by atoms with Crippen molar-refractivity contribution in [3.8, 4) is 0 Å². The number of rotatable bonds is 0. The second-order valence-electron chi connectivity index (χ2n) is 4.51. The molecule has 1 radical (unpaired) electrons. The van der Waals surface area contributed by atoms with Crippen molar-refractivity contribution in [1.29, 1.82) is 0 Å². The lowest BCUT2D eigenvalue weighted by Gasteiger charge is -2.22. The van der Waals surface area contributed by atoms with E-state index in [1.807, 2.05) is 0 Å². The van der Waals surface area contributed by atoms with E-state index in [2.05, 4.69) is 57.0 Å². The summed E-state index contributed by atoms with van der Waals surface area (Å²) in [4.78, 5) is 0. The molecule has 1 heterocycles. The minimum Gasteiger partial charge on any atom is -0.206 e. The highest BCUT2D eigenvalue weighted by molar-refractivity contribution is 5.86. The Bertz CT molecular complexity index is 329. The molecule has 0 aromatic heterocycles. The van der Waals surface area contributed by atoms with E-state index in [1.54, 1.807) is 0 Å². The van der Waals surface area contributed by atoms with Crippen molar-refractivity contribution in [1.82, 2.24) is 0 Å². The van der Waals surface area contributed by atoms with Crippen molar-refractivity contribution in [2.45, 2.75) is 20.8 Å². The van der Waals surface area contributed by atoms with Gasteiger partial charge in [-0.05, 0) is 20.3 Å². The first kappa shape index (κ1) is 8.74. The molecule has 0 saturated carbocycles. The van der Waals surface area contributed by atoms with Gasteiger partial charge in [0.15, 0.2) is 11.4 Å². The van der Waals surface area contributed by atoms with Gasteiger partial charge in [-0.25, -0.2) is 4.58 Å². The molecule has 0 aromatic carbocycles. The maximum Gasteiger partial charge on any atom is 0.185 e. The molecule has 0 amide bonds. The number of allylic oxidation sites excluding steroid dienone is 4. The lowest BCUT2D eigenvalue weighted by Crippen LogP contribution is -2.27. The van der Waals surface area contributed by atoms with Crippen LogP contribution in [-0.4, -0.2) is 17.3 Å². The summed E-state index contributed by atoms with van der Waals surface area (Å²) in [5.74, 6) is 0.572. The van der Waals surface area contributed by atoms with Crippen molar-refractivity contribution in [2.24, 2.45) is 11.3 Å². The molecule has 0 bridgehead atoms. The van der Waals surface area contributed by atoms with Crippen molar-refractivity contribution >= 4 is 5.71 Å². The Kier molecular flexibility index (Phi) is 1.73. The molecule has 0 saturated heterocycles. The van der Waals surface area contributed by atoms with Crippen LogP contribution in [0.1, 0.15) is 20.8 Å². The van der Waals surface area contributed by atoms with E-state index in [4.69, 9.17) is 0 Å². The Morgan fingerprint density at radius 1 is 1.31 bits per heavy atom. The molecular formula is C12H17N+. The minimum atomic E-state index is 0.283. The summed E-state index contributed by atoms with van der Waals surface area (Å²) in [6.07, 6.45) is 8.81. The van der Waals surface area contributed by atoms with E-state index in [1.165, 1.54) is 11.4 Å². The van der Waals surface area contributed by atoms with Crippen molar-refractivity contribution in [3.05, 3.63) is 30.3 Å². The van der Waals surface area contributed by atoms with Gasteiger partial charge in [0.25, 0.3) is 0 Å². The Labute approximate surface area is 80.5 Å². The first-order valence-corrected chi connectivity index (χ1v) is 4.84. The summed E-state index contributed by atoms with van der Waals surface area (Å²) in [6, 6.07) is 0. The molecule has 69 valence electrons. The average Bonchev–Trinajstić information content (AvgIpc) is 2.30. The quantitative estimate of drug-likeness (QED) is 0.497. The molecule has 1 aliphatic carbocycles. The molecular weight excluding hydrogens is 158 g/mol. The topological polar surface area (TPSA) is 3.01 Å². The number of hydrogen-bond donors (Lipinski definition) is 0. The maximum absolute atomic E-state index is 2.32. The molecule has 1 nitrogen and oxygen atoms in total. The van der Waals surface area contributed by atoms with Gasteiger partial charge in [-0.3, -0.25) is 0 Å². The Morgan fingerprint density at radius 2 is 2.00 bits per heavy atom. The van der Waals surface area contributed by atoms with Crippen LogP contribution in [0.5, 0.6) is 0 Å². The Morgan fingerprint density at radius 3 is 2.62 bits per heavy atom. The molecule has 1 unspecified atom stereocenters. The zero-order valence-corrected chi connectivity index (χ0v) is 8.83. The lowest BCUT2D eigenvalue weighted by molar-refractivity contribution is -0.442. The predicted molar refractivity (Wildman–Crippen MR) is 55.7 cm³/mol. The third-order valence-electron chi connectivity index (χ3n) is 3.60. The highest BCUT2D eigenvalue weighted by Gasteiger charge is 2.48. The molecule has 0 fully saturated rings. The third kappa shape index (κ3) is 1.03. The van der Waals surface area contributed by atoms with Gasteiger partial charge in [-0.1, -0.05) is 12.2 Å². The van der Waals surface area contributed by atoms with Crippen LogP contribution >= 0.6 is 0 Å². The molecule has 2 rings (SSSR count). The SMILES string of the molecule is CC1=[N+](C)C2=CC=C[CH]C2C1(C)C. The average molecular weight is 175 g/mol. The largest absolute Gasteiger partial charge is 0.206 e. The lowest BCUT2D eigenvalue weighted by atomic mass is 9.74. The molecule has 1 heteroatoms. The normalized spacial score (nSPS) is 30.5. The van der Waals surface area contributed by atoms with Gasteiger partial charge < -0.3 is 0 Å². The highest BCUT2D eigenvalue weighted by Crippen LogP contribution is 2.42. The molecule has 1 aliphatic heterocycles. The fourth-order valence-corrected chi connectivity index (χ4v) is 2.31. The van der Waals surface area contributed by atoms with Crippen LogP contribution in [0.25, 0.3) is 0 Å². The maximum atomic E-state index is 2.32. The summed E-state index contributed by atoms with van der Waals surface area (Å²) in [5, 5.41) is 0. The predicted octanol–water partition coefficient (Wildman–Crippen LogP) is 2.40. The summed E-state index contributed by atoms with van der Waals surface area (Å²) in [6.45, 7) is 6.87. The van der Waals surface area contributed by atoms with Crippen LogP contribution in [0.2, 0.25) is 0 Å². The van der Waals surface area contributed by atoms with Gasteiger partial charge in [-0.2, -0.15) is 0 Å². The number of nitrogens with zero attached hydrogens (tertiary/aromatic N) is 1. The standard InChI is InChI=1S/C12H17N/c1-9-12(2,3)10-7-5-6-8-11(10)13(9)4/h5-8,10H,1-4H3/q+1. The highest BCUT2D eigenvalue weighted by atomic mass is 15.0. The summed E-state index contributed by atoms with van der Waals surface area (Å²) in [7, 11) is 2.16. The first-order valence-electron chi connectivity index (χ1n) is 4.84. The molecule has 0 aromatic rings. The molecule has 2 aliphatic rings. The Hall–Kier alpha value is -0.850. The molecule has 1 atom stereocenters. The fraction of sp³-hybridized carbons (Fsp3) is 0.500. The van der Waals surface area contributed by atoms with Crippen LogP contribution in [-0.2, 0) is 0 Å². The van der Waals surface area contributed by atoms with E-state index < -0.39 is 0 Å². The monoisotopic (exact) mass is 175 g/mol. The molecule has 0 spiro atoms. The smallest absolute Gasteiger partial charge is 0.185 e. The Balaban J connectivity index is 2.53. The van der Waals surface area contributed by atoms with Gasteiger partial charge in [0.1, 0.15) is 7.05 Å². The van der Waals surface area contributed by atoms with Crippen molar-refractivity contribution < 1.29 is 4.58 Å². The third-order valence-corrected chi connectivity index (χ3v) is 3.60. The van der Waals surface area contributed by atoms with Crippen LogP contribution < -0.4 is 0 Å².